The number of nitrogens with zero attached hydrogens (tertiary/aromatic N) is 1. The molecule has 0 unspecified atom stereocenters. The van der Waals surface area contributed by atoms with Crippen LogP contribution >= 0.6 is 11.6 Å². The lowest BCUT2D eigenvalue weighted by molar-refractivity contribution is 0.0697. The average molecular weight is 285 g/mol. The molecule has 0 aliphatic rings. The van der Waals surface area contributed by atoms with Gasteiger partial charge in [0.1, 0.15) is 0 Å². The van der Waals surface area contributed by atoms with Gasteiger partial charge in [-0.3, -0.25) is 0 Å². The minimum atomic E-state index is -1.06. The van der Waals surface area contributed by atoms with E-state index in [9.17, 15) is 9.59 Å². The minimum absolute atomic E-state index is 0.0820. The first-order valence-corrected chi connectivity index (χ1v) is 6.24. The van der Waals surface area contributed by atoms with Gasteiger partial charge < -0.3 is 15.3 Å². The van der Waals surface area contributed by atoms with E-state index in [0.717, 1.165) is 0 Å². The highest BCUT2D eigenvalue weighted by Crippen LogP contribution is 2.23. The van der Waals surface area contributed by atoms with Crippen molar-refractivity contribution in [2.75, 3.05) is 18.9 Å². The third-order valence-corrected chi connectivity index (χ3v) is 2.76. The van der Waals surface area contributed by atoms with Crippen molar-refractivity contribution in [3.8, 4) is 0 Å². The molecule has 0 saturated carbocycles. The Hall–Kier alpha value is -1.75. The van der Waals surface area contributed by atoms with E-state index in [4.69, 9.17) is 16.7 Å². The maximum absolute atomic E-state index is 11.9. The second kappa shape index (κ2) is 6.43. The Morgan fingerprint density at radius 3 is 2.53 bits per heavy atom. The van der Waals surface area contributed by atoms with Gasteiger partial charge in [0.2, 0.25) is 0 Å². The number of amides is 2. The number of carboxylic acids is 1. The molecular formula is C13H17ClN2O3. The lowest BCUT2D eigenvalue weighted by Gasteiger charge is -2.20. The standard InChI is InChI=1S/C13H17ClN2O3/c1-8(2)7-16(3)13(19)15-11-5-4-9(12(17)18)6-10(11)14/h4-6,8H,7H2,1-3H3,(H,15,19)(H,17,18). The van der Waals surface area contributed by atoms with Gasteiger partial charge in [-0.05, 0) is 24.1 Å². The van der Waals surface area contributed by atoms with E-state index in [1.807, 2.05) is 13.8 Å². The van der Waals surface area contributed by atoms with Crippen molar-refractivity contribution in [2.24, 2.45) is 5.92 Å². The van der Waals surface area contributed by atoms with E-state index >= 15 is 0 Å². The summed E-state index contributed by atoms with van der Waals surface area (Å²) in [5, 5.41) is 11.7. The lowest BCUT2D eigenvalue weighted by atomic mass is 10.2. The molecule has 19 heavy (non-hydrogen) atoms. The maximum Gasteiger partial charge on any atom is 0.335 e. The summed E-state index contributed by atoms with van der Waals surface area (Å²) < 4.78 is 0. The van der Waals surface area contributed by atoms with Crippen molar-refractivity contribution in [3.63, 3.8) is 0 Å². The predicted molar refractivity (Wildman–Crippen MR) is 74.9 cm³/mol. The molecule has 0 saturated heterocycles. The van der Waals surface area contributed by atoms with Crippen molar-refractivity contribution < 1.29 is 14.7 Å². The Kier molecular flexibility index (Phi) is 5.18. The van der Waals surface area contributed by atoms with E-state index in [2.05, 4.69) is 5.32 Å². The van der Waals surface area contributed by atoms with Crippen LogP contribution in [0.3, 0.4) is 0 Å². The third kappa shape index (κ3) is 4.44. The molecule has 1 aromatic carbocycles. The third-order valence-electron chi connectivity index (χ3n) is 2.44. The number of nitrogens with one attached hydrogen (secondary N) is 1. The van der Waals surface area contributed by atoms with E-state index in [0.29, 0.717) is 18.2 Å². The van der Waals surface area contributed by atoms with Crippen LogP contribution < -0.4 is 5.32 Å². The zero-order valence-electron chi connectivity index (χ0n) is 11.1. The zero-order chi connectivity index (χ0) is 14.6. The molecule has 0 fully saturated rings. The molecule has 2 amide bonds. The predicted octanol–water partition coefficient (Wildman–Crippen LogP) is 3.16. The van der Waals surface area contributed by atoms with Crippen LogP contribution in [-0.2, 0) is 0 Å². The molecule has 5 nitrogen and oxygen atoms in total. The number of anilines is 1. The van der Waals surface area contributed by atoms with Crippen molar-refractivity contribution >= 4 is 29.3 Å². The maximum atomic E-state index is 11.9. The molecule has 0 spiro atoms. The summed E-state index contributed by atoms with van der Waals surface area (Å²) in [4.78, 5) is 24.2. The van der Waals surface area contributed by atoms with Gasteiger partial charge in [0.25, 0.3) is 0 Å². The van der Waals surface area contributed by atoms with Gasteiger partial charge in [0.15, 0.2) is 0 Å². The highest BCUT2D eigenvalue weighted by molar-refractivity contribution is 6.34. The minimum Gasteiger partial charge on any atom is -0.478 e. The van der Waals surface area contributed by atoms with Crippen molar-refractivity contribution in [1.29, 1.82) is 0 Å². The van der Waals surface area contributed by atoms with E-state index in [1.54, 1.807) is 11.9 Å². The van der Waals surface area contributed by atoms with Gasteiger partial charge in [-0.15, -0.1) is 0 Å². The monoisotopic (exact) mass is 284 g/mol. The molecule has 0 aliphatic heterocycles. The number of hydrogen-bond donors (Lipinski definition) is 2. The normalized spacial score (nSPS) is 10.4. The first-order valence-electron chi connectivity index (χ1n) is 5.86. The quantitative estimate of drug-likeness (QED) is 0.892. The Morgan fingerprint density at radius 2 is 2.05 bits per heavy atom. The van der Waals surface area contributed by atoms with Crippen LogP contribution in [0.1, 0.15) is 24.2 Å². The summed E-state index contributed by atoms with van der Waals surface area (Å²) in [6.45, 7) is 4.65. The van der Waals surface area contributed by atoms with Crippen molar-refractivity contribution in [1.82, 2.24) is 4.90 Å². The number of rotatable bonds is 4. The Labute approximate surface area is 117 Å². The first kappa shape index (κ1) is 15.3. The number of halogens is 1. The summed E-state index contributed by atoms with van der Waals surface area (Å²) in [6, 6.07) is 3.90. The largest absolute Gasteiger partial charge is 0.478 e. The zero-order valence-corrected chi connectivity index (χ0v) is 11.9. The van der Waals surface area contributed by atoms with Crippen LogP contribution in [0, 0.1) is 5.92 Å². The number of carbonyl (C=O) groups is 2. The smallest absolute Gasteiger partial charge is 0.335 e. The second-order valence-electron chi connectivity index (χ2n) is 4.70. The molecule has 2 N–H and O–H groups in total. The number of hydrogen-bond acceptors (Lipinski definition) is 2. The summed E-state index contributed by atoms with van der Waals surface area (Å²) in [5.41, 5.74) is 0.478. The molecule has 0 heterocycles. The van der Waals surface area contributed by atoms with Crippen molar-refractivity contribution in [3.05, 3.63) is 28.8 Å². The number of benzene rings is 1. The molecule has 1 aromatic rings. The Bertz CT molecular complexity index is 489. The topological polar surface area (TPSA) is 69.6 Å². The highest BCUT2D eigenvalue weighted by atomic mass is 35.5. The fraction of sp³-hybridized carbons (Fsp3) is 0.385. The summed E-state index contributed by atoms with van der Waals surface area (Å²) in [7, 11) is 1.69. The molecule has 0 atom stereocenters. The molecule has 0 aliphatic carbocycles. The van der Waals surface area contributed by atoms with Crippen LogP contribution in [0.15, 0.2) is 18.2 Å². The molecule has 0 radical (unpaired) electrons. The number of aromatic carboxylic acids is 1. The van der Waals surface area contributed by atoms with Crippen molar-refractivity contribution in [2.45, 2.75) is 13.8 Å². The fourth-order valence-electron chi connectivity index (χ4n) is 1.59. The van der Waals surface area contributed by atoms with Gasteiger partial charge in [0.05, 0.1) is 16.3 Å². The van der Waals surface area contributed by atoms with Crippen LogP contribution in [0.25, 0.3) is 0 Å². The number of carboxylic acid groups (broad SMARTS) is 1. The Morgan fingerprint density at radius 1 is 1.42 bits per heavy atom. The highest BCUT2D eigenvalue weighted by Gasteiger charge is 2.13. The lowest BCUT2D eigenvalue weighted by Crippen LogP contribution is -2.34. The van der Waals surface area contributed by atoms with Gasteiger partial charge in [0, 0.05) is 13.6 Å². The Balaban J connectivity index is 2.77. The van der Waals surface area contributed by atoms with Gasteiger partial charge in [-0.2, -0.15) is 0 Å². The summed E-state index contributed by atoms with van der Waals surface area (Å²) in [6.07, 6.45) is 0. The molecule has 0 bridgehead atoms. The SMILES string of the molecule is CC(C)CN(C)C(=O)Nc1ccc(C(=O)O)cc1Cl. The first-order chi connectivity index (χ1) is 8.81. The van der Waals surface area contributed by atoms with E-state index in [1.165, 1.54) is 18.2 Å². The van der Waals surface area contributed by atoms with E-state index < -0.39 is 5.97 Å². The van der Waals surface area contributed by atoms with Gasteiger partial charge in [-0.25, -0.2) is 9.59 Å². The molecule has 0 aromatic heterocycles. The summed E-state index contributed by atoms with van der Waals surface area (Å²) in [5.74, 6) is -0.697. The molecule has 104 valence electrons. The van der Waals surface area contributed by atoms with Crippen LogP contribution in [0.4, 0.5) is 10.5 Å². The summed E-state index contributed by atoms with van der Waals surface area (Å²) >= 11 is 5.93. The van der Waals surface area contributed by atoms with Crippen LogP contribution in [-0.4, -0.2) is 35.6 Å². The fourth-order valence-corrected chi connectivity index (χ4v) is 1.82. The van der Waals surface area contributed by atoms with Gasteiger partial charge >= 0.3 is 12.0 Å². The van der Waals surface area contributed by atoms with Crippen LogP contribution in [0.2, 0.25) is 5.02 Å². The molecular weight excluding hydrogens is 268 g/mol. The number of carbonyl (C=O) groups excluding carboxylic acids is 1. The average Bonchev–Trinajstić information content (AvgIpc) is 2.30. The van der Waals surface area contributed by atoms with Crippen LogP contribution in [0.5, 0.6) is 0 Å². The van der Waals surface area contributed by atoms with Gasteiger partial charge in [-0.1, -0.05) is 25.4 Å². The number of urea groups is 1. The van der Waals surface area contributed by atoms with E-state index in [-0.39, 0.29) is 16.6 Å². The molecule has 1 rings (SSSR count). The molecule has 6 heteroatoms. The second-order valence-corrected chi connectivity index (χ2v) is 5.11.